The van der Waals surface area contributed by atoms with Crippen LogP contribution < -0.4 is 20.3 Å². The summed E-state index contributed by atoms with van der Waals surface area (Å²) in [5.74, 6) is -1.75. The number of aromatic amines is 1. The van der Waals surface area contributed by atoms with E-state index in [1.807, 2.05) is 9.62 Å². The van der Waals surface area contributed by atoms with Crippen molar-refractivity contribution in [2.45, 2.75) is 0 Å². The van der Waals surface area contributed by atoms with Crippen molar-refractivity contribution in [3.63, 3.8) is 0 Å². The number of hydrogen-bond donors (Lipinski definition) is 5. The van der Waals surface area contributed by atoms with Gasteiger partial charge in [0.1, 0.15) is 23.2 Å². The first-order valence-corrected chi connectivity index (χ1v) is 10.00. The SMILES string of the molecule is O=C(Nc1c(F)ccc(NS(=O)O)c1F)Nc1ncnc2[nH]nc(N3CCOCC3)c12. The first-order chi connectivity index (χ1) is 14.9. The number of amides is 2. The summed E-state index contributed by atoms with van der Waals surface area (Å²) in [7, 11) is 0. The van der Waals surface area contributed by atoms with E-state index in [1.165, 1.54) is 6.33 Å². The Bertz CT molecular complexity index is 1150. The predicted molar refractivity (Wildman–Crippen MR) is 108 cm³/mol. The number of H-pyrrole nitrogens is 1. The molecule has 15 heteroatoms. The van der Waals surface area contributed by atoms with Crippen molar-refractivity contribution >= 4 is 51.3 Å². The van der Waals surface area contributed by atoms with E-state index in [2.05, 4.69) is 30.8 Å². The molecule has 1 fully saturated rings. The molecule has 1 aliphatic heterocycles. The maximum atomic E-state index is 14.5. The summed E-state index contributed by atoms with van der Waals surface area (Å²) in [6.07, 6.45) is 1.20. The van der Waals surface area contributed by atoms with Crippen molar-refractivity contribution in [2.75, 3.05) is 46.6 Å². The molecule has 0 aliphatic carbocycles. The number of rotatable bonds is 5. The fraction of sp³-hybridized carbons (Fsp3) is 0.250. The van der Waals surface area contributed by atoms with E-state index >= 15 is 0 Å². The number of halogens is 2. The van der Waals surface area contributed by atoms with Gasteiger partial charge >= 0.3 is 6.03 Å². The van der Waals surface area contributed by atoms with E-state index in [9.17, 15) is 17.8 Å². The zero-order valence-corrected chi connectivity index (χ0v) is 16.5. The van der Waals surface area contributed by atoms with Gasteiger partial charge in [-0.3, -0.25) is 19.7 Å². The fourth-order valence-electron chi connectivity index (χ4n) is 3.04. The van der Waals surface area contributed by atoms with Crippen molar-refractivity contribution < 1.29 is 27.1 Å². The second-order valence-corrected chi connectivity index (χ2v) is 7.01. The number of hydrogen-bond acceptors (Lipinski definition) is 7. The summed E-state index contributed by atoms with van der Waals surface area (Å²) < 4.78 is 55.4. The van der Waals surface area contributed by atoms with E-state index in [-0.39, 0.29) is 5.82 Å². The number of nitrogens with one attached hydrogen (secondary N) is 4. The molecule has 2 aromatic heterocycles. The molecular formula is C16H16F2N8O4S. The van der Waals surface area contributed by atoms with Gasteiger partial charge in [-0.15, -0.1) is 0 Å². The number of urea groups is 1. The normalized spacial score (nSPS) is 15.0. The van der Waals surface area contributed by atoms with Crippen LogP contribution in [0, 0.1) is 11.6 Å². The molecule has 1 atom stereocenters. The summed E-state index contributed by atoms with van der Waals surface area (Å²) in [4.78, 5) is 22.5. The van der Waals surface area contributed by atoms with Gasteiger partial charge in [-0.25, -0.2) is 27.8 Å². The molecule has 3 heterocycles. The second kappa shape index (κ2) is 8.75. The molecule has 2 amide bonds. The lowest BCUT2D eigenvalue weighted by molar-refractivity contribution is 0.122. The Morgan fingerprint density at radius 3 is 2.74 bits per heavy atom. The molecule has 0 spiro atoms. The van der Waals surface area contributed by atoms with E-state index in [0.29, 0.717) is 43.2 Å². The van der Waals surface area contributed by atoms with Crippen molar-refractivity contribution in [3.05, 3.63) is 30.1 Å². The Balaban J connectivity index is 1.60. The van der Waals surface area contributed by atoms with Crippen LogP contribution >= 0.6 is 0 Å². The van der Waals surface area contributed by atoms with Crippen LogP contribution in [0.5, 0.6) is 0 Å². The number of anilines is 4. The minimum Gasteiger partial charge on any atom is -0.378 e. The first-order valence-electron chi connectivity index (χ1n) is 8.89. The average Bonchev–Trinajstić information content (AvgIpc) is 3.19. The maximum absolute atomic E-state index is 14.5. The summed E-state index contributed by atoms with van der Waals surface area (Å²) in [5, 5.41) is 11.9. The highest BCUT2D eigenvalue weighted by molar-refractivity contribution is 7.80. The quantitative estimate of drug-likeness (QED) is 0.364. The topological polar surface area (TPSA) is 157 Å². The lowest BCUT2D eigenvalue weighted by Crippen LogP contribution is -2.36. The van der Waals surface area contributed by atoms with Gasteiger partial charge in [-0.1, -0.05) is 0 Å². The lowest BCUT2D eigenvalue weighted by Gasteiger charge is -2.27. The van der Waals surface area contributed by atoms with Crippen molar-refractivity contribution in [2.24, 2.45) is 0 Å². The largest absolute Gasteiger partial charge is 0.378 e. The maximum Gasteiger partial charge on any atom is 0.325 e. The van der Waals surface area contributed by atoms with Gasteiger partial charge in [-0.2, -0.15) is 5.10 Å². The number of ether oxygens (including phenoxy) is 1. The molecule has 164 valence electrons. The minimum atomic E-state index is -2.58. The highest BCUT2D eigenvalue weighted by atomic mass is 32.2. The third-order valence-corrected chi connectivity index (χ3v) is 4.80. The number of carbonyl (C=O) groups is 1. The standard InChI is InChI=1S/C16H16F2N8O4S/c17-8-1-2-9(25-31(28)29)11(18)12(8)21-16(27)22-13-10-14(20-7-19-13)23-24-15(10)26-3-5-30-6-4-26/h1-2,7,25H,3-6H2,(H,28,29)(H3,19,20,21,22,23,24,27). The highest BCUT2D eigenvalue weighted by Crippen LogP contribution is 2.30. The monoisotopic (exact) mass is 454 g/mol. The first kappa shape index (κ1) is 20.8. The zero-order chi connectivity index (χ0) is 22.0. The van der Waals surface area contributed by atoms with Gasteiger partial charge < -0.3 is 15.0 Å². The smallest absolute Gasteiger partial charge is 0.325 e. The Kier molecular flexibility index (Phi) is 5.88. The van der Waals surface area contributed by atoms with Crippen molar-refractivity contribution in [1.29, 1.82) is 0 Å². The van der Waals surface area contributed by atoms with Gasteiger partial charge in [-0.05, 0) is 12.1 Å². The molecule has 1 aromatic carbocycles. The third kappa shape index (κ3) is 4.37. The summed E-state index contributed by atoms with van der Waals surface area (Å²) >= 11 is -2.58. The molecule has 1 unspecified atom stereocenters. The molecule has 31 heavy (non-hydrogen) atoms. The Labute approximate surface area is 175 Å². The fourth-order valence-corrected chi connectivity index (χ4v) is 3.38. The Morgan fingerprint density at radius 1 is 1.23 bits per heavy atom. The van der Waals surface area contributed by atoms with E-state index < -0.39 is 40.3 Å². The molecule has 5 N–H and O–H groups in total. The van der Waals surface area contributed by atoms with Gasteiger partial charge in [0, 0.05) is 13.1 Å². The molecule has 12 nitrogen and oxygen atoms in total. The highest BCUT2D eigenvalue weighted by Gasteiger charge is 2.22. The van der Waals surface area contributed by atoms with Crippen molar-refractivity contribution in [1.82, 2.24) is 20.2 Å². The van der Waals surface area contributed by atoms with Crippen LogP contribution in [0.2, 0.25) is 0 Å². The molecule has 0 bridgehead atoms. The van der Waals surface area contributed by atoms with Gasteiger partial charge in [0.15, 0.2) is 23.1 Å². The van der Waals surface area contributed by atoms with Crippen LogP contribution in [0.4, 0.5) is 36.6 Å². The Hall–Kier alpha value is -3.43. The van der Waals surface area contributed by atoms with Crippen LogP contribution in [-0.4, -0.2) is 61.3 Å². The van der Waals surface area contributed by atoms with E-state index in [4.69, 9.17) is 9.29 Å². The summed E-state index contributed by atoms with van der Waals surface area (Å²) in [5.41, 5.74) is -0.911. The van der Waals surface area contributed by atoms with Crippen LogP contribution in [-0.2, 0) is 16.0 Å². The zero-order valence-electron chi connectivity index (χ0n) is 15.7. The molecule has 4 rings (SSSR count). The number of benzene rings is 1. The lowest BCUT2D eigenvalue weighted by atomic mass is 10.2. The van der Waals surface area contributed by atoms with Crippen LogP contribution in [0.15, 0.2) is 18.5 Å². The number of fused-ring (bicyclic) bond motifs is 1. The van der Waals surface area contributed by atoms with Crippen molar-refractivity contribution in [3.8, 4) is 0 Å². The third-order valence-electron chi connectivity index (χ3n) is 4.41. The van der Waals surface area contributed by atoms with Crippen LogP contribution in [0.1, 0.15) is 0 Å². The molecule has 1 saturated heterocycles. The van der Waals surface area contributed by atoms with Gasteiger partial charge in [0.2, 0.25) is 0 Å². The second-order valence-electron chi connectivity index (χ2n) is 6.31. The van der Waals surface area contributed by atoms with Crippen LogP contribution in [0.25, 0.3) is 11.0 Å². The minimum absolute atomic E-state index is 0.0734. The number of aromatic nitrogens is 4. The Morgan fingerprint density at radius 2 is 2.00 bits per heavy atom. The predicted octanol–water partition coefficient (Wildman–Crippen LogP) is 1.66. The van der Waals surface area contributed by atoms with Gasteiger partial charge in [0.05, 0.1) is 18.9 Å². The number of morpholine rings is 1. The van der Waals surface area contributed by atoms with Gasteiger partial charge in [0.25, 0.3) is 11.3 Å². The number of nitrogens with zero attached hydrogens (tertiary/aromatic N) is 4. The average molecular weight is 454 g/mol. The van der Waals surface area contributed by atoms with E-state index in [1.54, 1.807) is 0 Å². The van der Waals surface area contributed by atoms with Crippen LogP contribution in [0.3, 0.4) is 0 Å². The number of carbonyl (C=O) groups excluding carboxylic acids is 1. The molecule has 0 saturated carbocycles. The molecular weight excluding hydrogens is 438 g/mol. The summed E-state index contributed by atoms with van der Waals surface area (Å²) in [6.45, 7) is 2.16. The molecule has 3 aromatic rings. The molecule has 0 radical (unpaired) electrons. The van der Waals surface area contributed by atoms with E-state index in [0.717, 1.165) is 12.1 Å². The molecule has 1 aliphatic rings. The summed E-state index contributed by atoms with van der Waals surface area (Å²) in [6, 6.07) is 0.772.